The summed E-state index contributed by atoms with van der Waals surface area (Å²) < 4.78 is 0. The molecule has 0 saturated heterocycles. The van der Waals surface area contributed by atoms with Crippen molar-refractivity contribution in [1.29, 1.82) is 0 Å². The lowest BCUT2D eigenvalue weighted by Crippen LogP contribution is -1.87. The van der Waals surface area contributed by atoms with Crippen LogP contribution in [0.3, 0.4) is 0 Å². The van der Waals surface area contributed by atoms with Crippen LogP contribution in [0.5, 0.6) is 0 Å². The number of carbonyl (C=O) groups is 1. The first-order valence-corrected chi connectivity index (χ1v) is 4.64. The van der Waals surface area contributed by atoms with E-state index in [1.54, 1.807) is 18.4 Å². The highest BCUT2D eigenvalue weighted by molar-refractivity contribution is 5.90. The Kier molecular flexibility index (Phi) is 5.44. The summed E-state index contributed by atoms with van der Waals surface area (Å²) in [6.45, 7) is 0. The van der Waals surface area contributed by atoms with E-state index in [0.29, 0.717) is 6.42 Å². The van der Waals surface area contributed by atoms with Crippen LogP contribution >= 0.6 is 0 Å². The number of azo groups is 1. The summed E-state index contributed by atoms with van der Waals surface area (Å²) in [5, 5.41) is 7.38. The molecule has 3 heteroatoms. The van der Waals surface area contributed by atoms with E-state index in [1.165, 1.54) is 12.3 Å². The van der Waals surface area contributed by atoms with Gasteiger partial charge in [-0.05, 0) is 6.08 Å². The fraction of sp³-hybridized carbons (Fsp3) is 0.0833. The summed E-state index contributed by atoms with van der Waals surface area (Å²) in [6, 6.07) is 0. The number of rotatable bonds is 0. The number of allylic oxidation sites excluding steroid dienone is 8. The second kappa shape index (κ2) is 7.38. The highest BCUT2D eigenvalue weighted by Gasteiger charge is 1.89. The zero-order valence-electron chi connectivity index (χ0n) is 8.28. The molecule has 0 unspecified atom stereocenters. The summed E-state index contributed by atoms with van der Waals surface area (Å²) in [6.07, 6.45) is 17.6. The maximum atomic E-state index is 11.2. The molecule has 76 valence electrons. The molecule has 0 radical (unpaired) electrons. The summed E-state index contributed by atoms with van der Waals surface area (Å²) in [4.78, 5) is 11.2. The predicted octanol–water partition coefficient (Wildman–Crippen LogP) is 3.11. The van der Waals surface area contributed by atoms with Crippen molar-refractivity contribution in [2.24, 2.45) is 10.2 Å². The van der Waals surface area contributed by atoms with E-state index in [4.69, 9.17) is 0 Å². The van der Waals surface area contributed by atoms with Crippen LogP contribution in [0.15, 0.2) is 71.2 Å². The fourth-order valence-electron chi connectivity index (χ4n) is 0.869. The van der Waals surface area contributed by atoms with E-state index >= 15 is 0 Å². The van der Waals surface area contributed by atoms with Gasteiger partial charge in [0, 0.05) is 18.7 Å². The molecule has 0 saturated carbocycles. The van der Waals surface area contributed by atoms with Gasteiger partial charge in [-0.3, -0.25) is 4.79 Å². The van der Waals surface area contributed by atoms with Gasteiger partial charge in [0.15, 0.2) is 5.78 Å². The first-order valence-electron chi connectivity index (χ1n) is 4.64. The van der Waals surface area contributed by atoms with E-state index in [9.17, 15) is 4.79 Å². The Balaban J connectivity index is 2.69. The van der Waals surface area contributed by atoms with Gasteiger partial charge < -0.3 is 0 Å². The average molecular weight is 200 g/mol. The summed E-state index contributed by atoms with van der Waals surface area (Å²) in [7, 11) is 0. The van der Waals surface area contributed by atoms with Crippen molar-refractivity contribution in [3.05, 3.63) is 61.0 Å². The number of hydrogen-bond acceptors (Lipinski definition) is 3. The Morgan fingerprint density at radius 1 is 0.867 bits per heavy atom. The van der Waals surface area contributed by atoms with Crippen LogP contribution in [0.4, 0.5) is 0 Å². The van der Waals surface area contributed by atoms with Crippen LogP contribution in [0, 0.1) is 0 Å². The van der Waals surface area contributed by atoms with Gasteiger partial charge in [0.1, 0.15) is 0 Å². The second-order valence-electron chi connectivity index (χ2n) is 2.76. The first kappa shape index (κ1) is 11.0. The Morgan fingerprint density at radius 3 is 2.40 bits per heavy atom. The summed E-state index contributed by atoms with van der Waals surface area (Å²) in [5.41, 5.74) is 0. The van der Waals surface area contributed by atoms with E-state index < -0.39 is 0 Å². The molecule has 1 heterocycles. The van der Waals surface area contributed by atoms with Gasteiger partial charge in [0.2, 0.25) is 0 Å². The lowest BCUT2D eigenvalue weighted by Gasteiger charge is -1.84. The third-order valence-electron chi connectivity index (χ3n) is 1.56. The Morgan fingerprint density at radius 2 is 1.53 bits per heavy atom. The predicted molar refractivity (Wildman–Crippen MR) is 60.2 cm³/mol. The number of hydrogen-bond donors (Lipinski definition) is 0. The molecular weight excluding hydrogens is 188 g/mol. The van der Waals surface area contributed by atoms with Gasteiger partial charge in [-0.25, -0.2) is 0 Å². The SMILES string of the molecule is O=C1C=CN=NC=CC=CC=CC=CC1. The van der Waals surface area contributed by atoms with Crippen molar-refractivity contribution >= 4 is 5.78 Å². The molecular formula is C12H12N2O. The fourth-order valence-corrected chi connectivity index (χ4v) is 0.869. The molecule has 0 amide bonds. The van der Waals surface area contributed by atoms with Crippen molar-refractivity contribution in [1.82, 2.24) is 0 Å². The van der Waals surface area contributed by atoms with Crippen molar-refractivity contribution < 1.29 is 4.79 Å². The van der Waals surface area contributed by atoms with Crippen LogP contribution in [0.25, 0.3) is 0 Å². The molecule has 3 nitrogen and oxygen atoms in total. The molecule has 1 aliphatic heterocycles. The average Bonchev–Trinajstić information content (AvgIpc) is 2.24. The van der Waals surface area contributed by atoms with Gasteiger partial charge in [-0.15, -0.1) is 0 Å². The molecule has 0 spiro atoms. The Hall–Kier alpha value is -2.03. The topological polar surface area (TPSA) is 41.8 Å². The molecule has 0 N–H and O–H groups in total. The Labute approximate surface area is 88.9 Å². The molecule has 0 aliphatic carbocycles. The van der Waals surface area contributed by atoms with Gasteiger partial charge in [-0.1, -0.05) is 36.5 Å². The minimum Gasteiger partial charge on any atom is -0.294 e. The van der Waals surface area contributed by atoms with Crippen molar-refractivity contribution in [3.63, 3.8) is 0 Å². The van der Waals surface area contributed by atoms with E-state index in [2.05, 4.69) is 10.2 Å². The van der Waals surface area contributed by atoms with Gasteiger partial charge in [0.25, 0.3) is 0 Å². The standard InChI is InChI=1S/C12H12N2O/c15-12-8-6-4-2-1-3-5-7-10-13-14-11-9-12/h1-7,9-11H,8H2. The normalized spacial score (nSPS) is 16.9. The van der Waals surface area contributed by atoms with E-state index in [-0.39, 0.29) is 5.78 Å². The number of ketones is 1. The second-order valence-corrected chi connectivity index (χ2v) is 2.76. The largest absolute Gasteiger partial charge is 0.294 e. The maximum absolute atomic E-state index is 11.2. The molecule has 0 aromatic heterocycles. The highest BCUT2D eigenvalue weighted by atomic mass is 16.1. The van der Waals surface area contributed by atoms with Gasteiger partial charge in [0.05, 0.1) is 6.20 Å². The van der Waals surface area contributed by atoms with Gasteiger partial charge >= 0.3 is 0 Å². The molecule has 15 heavy (non-hydrogen) atoms. The molecule has 1 aliphatic rings. The van der Waals surface area contributed by atoms with Crippen molar-refractivity contribution in [3.8, 4) is 0 Å². The zero-order valence-corrected chi connectivity index (χ0v) is 8.28. The summed E-state index contributed by atoms with van der Waals surface area (Å²) in [5.74, 6) is 0.00943. The highest BCUT2D eigenvalue weighted by Crippen LogP contribution is 1.92. The maximum Gasteiger partial charge on any atom is 0.161 e. The van der Waals surface area contributed by atoms with Crippen LogP contribution in [0.1, 0.15) is 6.42 Å². The zero-order chi connectivity index (χ0) is 10.8. The third-order valence-corrected chi connectivity index (χ3v) is 1.56. The lowest BCUT2D eigenvalue weighted by molar-refractivity contribution is -0.113. The van der Waals surface area contributed by atoms with Crippen molar-refractivity contribution in [2.45, 2.75) is 6.42 Å². The van der Waals surface area contributed by atoms with Crippen molar-refractivity contribution in [2.75, 3.05) is 0 Å². The summed E-state index contributed by atoms with van der Waals surface area (Å²) >= 11 is 0. The van der Waals surface area contributed by atoms with Crippen LogP contribution < -0.4 is 0 Å². The quantitative estimate of drug-likeness (QED) is 0.592. The number of carbonyl (C=O) groups excluding carboxylic acids is 1. The van der Waals surface area contributed by atoms with Crippen LogP contribution in [0.2, 0.25) is 0 Å². The van der Waals surface area contributed by atoms with Crippen LogP contribution in [-0.2, 0) is 4.79 Å². The van der Waals surface area contributed by atoms with E-state index in [0.717, 1.165) is 0 Å². The van der Waals surface area contributed by atoms with Gasteiger partial charge in [-0.2, -0.15) is 10.2 Å². The molecule has 0 aromatic carbocycles. The monoisotopic (exact) mass is 200 g/mol. The number of nitrogens with zero attached hydrogens (tertiary/aromatic N) is 2. The Bertz CT molecular complexity index is 371. The minimum atomic E-state index is 0.00943. The first-order chi connectivity index (χ1) is 7.39. The molecule has 0 atom stereocenters. The minimum absolute atomic E-state index is 0.00943. The lowest BCUT2D eigenvalue weighted by atomic mass is 10.2. The molecule has 1 rings (SSSR count). The molecule has 0 bridgehead atoms. The van der Waals surface area contributed by atoms with Crippen LogP contribution in [-0.4, -0.2) is 5.78 Å². The molecule has 0 aromatic rings. The third kappa shape index (κ3) is 6.10. The van der Waals surface area contributed by atoms with E-state index in [1.807, 2.05) is 30.4 Å². The smallest absolute Gasteiger partial charge is 0.161 e. The molecule has 0 fully saturated rings.